The number of para-hydroxylation sites is 1. The van der Waals surface area contributed by atoms with E-state index in [1.807, 2.05) is 0 Å². The van der Waals surface area contributed by atoms with Crippen LogP contribution in [0.2, 0.25) is 0 Å². The van der Waals surface area contributed by atoms with Crippen LogP contribution in [0.25, 0.3) is 0 Å². The number of carbonyl (C=O) groups is 1. The maximum absolute atomic E-state index is 12.1. The van der Waals surface area contributed by atoms with Gasteiger partial charge in [-0.25, -0.2) is 0 Å². The van der Waals surface area contributed by atoms with E-state index in [9.17, 15) is 4.79 Å². The fourth-order valence-corrected chi connectivity index (χ4v) is 2.67. The summed E-state index contributed by atoms with van der Waals surface area (Å²) in [6, 6.07) is 9.47. The number of nitriles is 1. The molecule has 2 atom stereocenters. The largest absolute Gasteiger partial charge is 0.330 e. The predicted molar refractivity (Wildman–Crippen MR) is 78.0 cm³/mol. The molecule has 106 valence electrons. The third kappa shape index (κ3) is 3.35. The van der Waals surface area contributed by atoms with Crippen molar-refractivity contribution < 1.29 is 4.79 Å². The zero-order valence-electron chi connectivity index (χ0n) is 11.7. The molecule has 3 N–H and O–H groups in total. The van der Waals surface area contributed by atoms with Crippen LogP contribution in [0.5, 0.6) is 0 Å². The molecular formula is C15H20N4O. The van der Waals surface area contributed by atoms with Crippen molar-refractivity contribution in [1.82, 2.24) is 4.90 Å². The average molecular weight is 272 g/mol. The number of nitrogens with two attached hydrogens (primary N) is 1. The van der Waals surface area contributed by atoms with E-state index in [0.29, 0.717) is 36.3 Å². The molecule has 5 heteroatoms. The van der Waals surface area contributed by atoms with Crippen LogP contribution in [0.4, 0.5) is 5.69 Å². The van der Waals surface area contributed by atoms with Gasteiger partial charge in [0, 0.05) is 12.6 Å². The second-order valence-corrected chi connectivity index (χ2v) is 5.32. The van der Waals surface area contributed by atoms with Gasteiger partial charge in [0.25, 0.3) is 0 Å². The lowest BCUT2D eigenvalue weighted by Gasteiger charge is -2.20. The summed E-state index contributed by atoms with van der Waals surface area (Å²) in [7, 11) is 0. The van der Waals surface area contributed by atoms with E-state index in [-0.39, 0.29) is 5.91 Å². The Morgan fingerprint density at radius 3 is 2.95 bits per heavy atom. The number of rotatable bonds is 4. The first-order valence-corrected chi connectivity index (χ1v) is 6.87. The lowest BCUT2D eigenvalue weighted by molar-refractivity contribution is -0.117. The monoisotopic (exact) mass is 272 g/mol. The number of likely N-dealkylation sites (tertiary alicyclic amines) is 1. The summed E-state index contributed by atoms with van der Waals surface area (Å²) in [4.78, 5) is 14.2. The van der Waals surface area contributed by atoms with E-state index >= 15 is 0 Å². The molecule has 1 aliphatic rings. The molecule has 0 radical (unpaired) electrons. The zero-order valence-corrected chi connectivity index (χ0v) is 11.7. The van der Waals surface area contributed by atoms with Gasteiger partial charge in [-0.05, 0) is 37.9 Å². The standard InChI is InChI=1S/C15H20N4O/c1-11-6-12(7-16)9-19(11)10-15(20)18-14-5-3-2-4-13(14)8-17/h2-5,11-12H,6-7,9-10,16H2,1H3,(H,18,20). The van der Waals surface area contributed by atoms with Crippen molar-refractivity contribution in [2.24, 2.45) is 11.7 Å². The van der Waals surface area contributed by atoms with Gasteiger partial charge in [-0.15, -0.1) is 0 Å². The third-order valence-corrected chi connectivity index (χ3v) is 3.79. The van der Waals surface area contributed by atoms with Gasteiger partial charge in [0.2, 0.25) is 5.91 Å². The predicted octanol–water partition coefficient (Wildman–Crippen LogP) is 1.17. The summed E-state index contributed by atoms with van der Waals surface area (Å²) in [5, 5.41) is 11.8. The van der Waals surface area contributed by atoms with Gasteiger partial charge in [-0.3, -0.25) is 9.69 Å². The molecule has 20 heavy (non-hydrogen) atoms. The molecule has 1 fully saturated rings. The van der Waals surface area contributed by atoms with Crippen LogP contribution in [0.3, 0.4) is 0 Å². The van der Waals surface area contributed by atoms with Crippen LogP contribution in [0.15, 0.2) is 24.3 Å². The molecular weight excluding hydrogens is 252 g/mol. The van der Waals surface area contributed by atoms with E-state index in [0.717, 1.165) is 13.0 Å². The summed E-state index contributed by atoms with van der Waals surface area (Å²) in [5.41, 5.74) is 6.74. The summed E-state index contributed by atoms with van der Waals surface area (Å²) < 4.78 is 0. The quantitative estimate of drug-likeness (QED) is 0.862. The SMILES string of the molecule is CC1CC(CN)CN1CC(=O)Nc1ccccc1C#N. The van der Waals surface area contributed by atoms with Gasteiger partial charge in [0.05, 0.1) is 17.8 Å². The molecule has 0 bridgehead atoms. The van der Waals surface area contributed by atoms with Crippen molar-refractivity contribution in [3.63, 3.8) is 0 Å². The molecule has 0 aromatic heterocycles. The van der Waals surface area contributed by atoms with Crippen molar-refractivity contribution in [2.75, 3.05) is 25.0 Å². The lowest BCUT2D eigenvalue weighted by Crippen LogP contribution is -2.36. The Labute approximate surface area is 119 Å². The first-order chi connectivity index (χ1) is 9.63. The van der Waals surface area contributed by atoms with E-state index in [2.05, 4.69) is 23.2 Å². The number of carbonyl (C=O) groups excluding carboxylic acids is 1. The highest BCUT2D eigenvalue weighted by Gasteiger charge is 2.29. The molecule has 1 heterocycles. The molecule has 1 aromatic carbocycles. The number of anilines is 1. The minimum atomic E-state index is -0.0859. The molecule has 0 saturated carbocycles. The van der Waals surface area contributed by atoms with Crippen LogP contribution < -0.4 is 11.1 Å². The fraction of sp³-hybridized carbons (Fsp3) is 0.467. The Morgan fingerprint density at radius 2 is 2.30 bits per heavy atom. The van der Waals surface area contributed by atoms with Crippen molar-refractivity contribution >= 4 is 11.6 Å². The summed E-state index contributed by atoms with van der Waals surface area (Å²) in [6.07, 6.45) is 1.04. The molecule has 1 amide bonds. The fourth-order valence-electron chi connectivity index (χ4n) is 2.67. The zero-order chi connectivity index (χ0) is 14.5. The molecule has 2 rings (SSSR count). The third-order valence-electron chi connectivity index (χ3n) is 3.79. The van der Waals surface area contributed by atoms with Gasteiger partial charge >= 0.3 is 0 Å². The van der Waals surface area contributed by atoms with E-state index in [4.69, 9.17) is 11.0 Å². The van der Waals surface area contributed by atoms with Crippen LogP contribution in [-0.4, -0.2) is 36.5 Å². The number of nitrogens with zero attached hydrogens (tertiary/aromatic N) is 2. The minimum Gasteiger partial charge on any atom is -0.330 e. The second kappa shape index (κ2) is 6.51. The summed E-state index contributed by atoms with van der Waals surface area (Å²) in [5.74, 6) is 0.390. The van der Waals surface area contributed by atoms with Gasteiger partial charge in [0.15, 0.2) is 0 Å². The molecule has 5 nitrogen and oxygen atoms in total. The normalized spacial score (nSPS) is 22.4. The Morgan fingerprint density at radius 1 is 1.55 bits per heavy atom. The van der Waals surface area contributed by atoms with Gasteiger partial charge in [0.1, 0.15) is 6.07 Å². The molecule has 1 saturated heterocycles. The van der Waals surface area contributed by atoms with Gasteiger partial charge in [-0.1, -0.05) is 12.1 Å². The number of benzene rings is 1. The van der Waals surface area contributed by atoms with Crippen molar-refractivity contribution in [3.05, 3.63) is 29.8 Å². The van der Waals surface area contributed by atoms with Crippen LogP contribution in [0, 0.1) is 17.2 Å². The van der Waals surface area contributed by atoms with Crippen molar-refractivity contribution in [3.8, 4) is 6.07 Å². The topological polar surface area (TPSA) is 82.2 Å². The molecule has 2 unspecified atom stereocenters. The van der Waals surface area contributed by atoms with Gasteiger partial charge < -0.3 is 11.1 Å². The Bertz CT molecular complexity index is 523. The lowest BCUT2D eigenvalue weighted by atomic mass is 10.1. The van der Waals surface area contributed by atoms with Crippen molar-refractivity contribution in [1.29, 1.82) is 5.26 Å². The van der Waals surface area contributed by atoms with Crippen molar-refractivity contribution in [2.45, 2.75) is 19.4 Å². The summed E-state index contributed by atoms with van der Waals surface area (Å²) >= 11 is 0. The van der Waals surface area contributed by atoms with Gasteiger partial charge in [-0.2, -0.15) is 5.26 Å². The minimum absolute atomic E-state index is 0.0859. The smallest absolute Gasteiger partial charge is 0.238 e. The highest BCUT2D eigenvalue weighted by molar-refractivity contribution is 5.93. The molecule has 0 aliphatic carbocycles. The van der Waals surface area contributed by atoms with E-state index < -0.39 is 0 Å². The van der Waals surface area contributed by atoms with Crippen LogP contribution >= 0.6 is 0 Å². The molecule has 0 spiro atoms. The maximum Gasteiger partial charge on any atom is 0.238 e. The van der Waals surface area contributed by atoms with E-state index in [1.54, 1.807) is 24.3 Å². The van der Waals surface area contributed by atoms with Crippen LogP contribution in [0.1, 0.15) is 18.9 Å². The maximum atomic E-state index is 12.1. The highest BCUT2D eigenvalue weighted by atomic mass is 16.2. The number of hydrogen-bond donors (Lipinski definition) is 2. The number of amides is 1. The van der Waals surface area contributed by atoms with Crippen LogP contribution in [-0.2, 0) is 4.79 Å². The Kier molecular flexibility index (Phi) is 4.72. The Balaban J connectivity index is 1.95. The first-order valence-electron chi connectivity index (χ1n) is 6.87. The summed E-state index contributed by atoms with van der Waals surface area (Å²) in [6.45, 7) is 3.99. The first kappa shape index (κ1) is 14.5. The number of nitrogens with one attached hydrogen (secondary N) is 1. The number of hydrogen-bond acceptors (Lipinski definition) is 4. The molecule has 1 aliphatic heterocycles. The highest BCUT2D eigenvalue weighted by Crippen LogP contribution is 2.22. The van der Waals surface area contributed by atoms with E-state index in [1.165, 1.54) is 0 Å². The Hall–Kier alpha value is -1.90. The molecule has 1 aromatic rings. The average Bonchev–Trinajstić information content (AvgIpc) is 2.80. The second-order valence-electron chi connectivity index (χ2n) is 5.32.